The van der Waals surface area contributed by atoms with E-state index in [-0.39, 0.29) is 6.03 Å². The second kappa shape index (κ2) is 4.89. The maximum Gasteiger partial charge on any atom is 0.322 e. The molecule has 102 valence electrons. The van der Waals surface area contributed by atoms with Gasteiger partial charge in [-0.1, -0.05) is 35.9 Å². The molecule has 0 saturated heterocycles. The first-order valence-corrected chi connectivity index (χ1v) is 6.62. The molecule has 2 amide bonds. The van der Waals surface area contributed by atoms with Gasteiger partial charge < -0.3 is 16.0 Å². The summed E-state index contributed by atoms with van der Waals surface area (Å²) in [7, 11) is 0. The van der Waals surface area contributed by atoms with Crippen LogP contribution in [0.15, 0.2) is 42.5 Å². The lowest BCUT2D eigenvalue weighted by Gasteiger charge is -2.17. The lowest BCUT2D eigenvalue weighted by atomic mass is 10.1. The van der Waals surface area contributed by atoms with E-state index in [1.54, 1.807) is 17.0 Å². The highest BCUT2D eigenvalue weighted by Crippen LogP contribution is 2.25. The molecule has 0 unspecified atom stereocenters. The number of benzene rings is 2. The molecule has 0 saturated carbocycles. The maximum atomic E-state index is 12.3. The molecule has 0 fully saturated rings. The zero-order chi connectivity index (χ0) is 14.1. The van der Waals surface area contributed by atoms with E-state index >= 15 is 0 Å². The second-order valence-electron chi connectivity index (χ2n) is 5.15. The number of anilines is 2. The zero-order valence-electron chi connectivity index (χ0n) is 11.4. The molecule has 20 heavy (non-hydrogen) atoms. The van der Waals surface area contributed by atoms with Crippen molar-refractivity contribution in [3.8, 4) is 0 Å². The molecule has 0 bridgehead atoms. The van der Waals surface area contributed by atoms with Crippen LogP contribution in [-0.4, -0.2) is 10.9 Å². The van der Waals surface area contributed by atoms with Crippen molar-refractivity contribution in [3.63, 3.8) is 0 Å². The molecular formula is C16H17N3O. The highest BCUT2D eigenvalue weighted by molar-refractivity contribution is 5.92. The summed E-state index contributed by atoms with van der Waals surface area (Å²) in [6, 6.07) is 13.5. The molecule has 3 N–H and O–H groups in total. The lowest BCUT2D eigenvalue weighted by Crippen LogP contribution is -2.30. The normalized spacial score (nSPS) is 13.2. The smallest absolute Gasteiger partial charge is 0.322 e. The fourth-order valence-corrected chi connectivity index (χ4v) is 2.47. The SMILES string of the molecule is Cc1ccc2c(c1)CN(C(=O)Nc1ccccc1N)C2. The predicted octanol–water partition coefficient (Wildman–Crippen LogP) is 3.12. The van der Waals surface area contributed by atoms with Gasteiger partial charge in [-0.05, 0) is 30.2 Å². The Kier molecular flexibility index (Phi) is 3.06. The Morgan fingerprint density at radius 3 is 2.70 bits per heavy atom. The Morgan fingerprint density at radius 2 is 1.90 bits per heavy atom. The fourth-order valence-electron chi connectivity index (χ4n) is 2.47. The van der Waals surface area contributed by atoms with Crippen molar-refractivity contribution in [1.82, 2.24) is 4.90 Å². The van der Waals surface area contributed by atoms with Gasteiger partial charge in [0, 0.05) is 13.1 Å². The quantitative estimate of drug-likeness (QED) is 0.780. The second-order valence-corrected chi connectivity index (χ2v) is 5.15. The number of rotatable bonds is 1. The van der Waals surface area contributed by atoms with Gasteiger partial charge in [0.2, 0.25) is 0 Å². The molecule has 0 atom stereocenters. The number of urea groups is 1. The average molecular weight is 267 g/mol. The number of aryl methyl sites for hydroxylation is 1. The van der Waals surface area contributed by atoms with E-state index in [0.717, 1.165) is 0 Å². The van der Waals surface area contributed by atoms with Crippen LogP contribution in [0.1, 0.15) is 16.7 Å². The van der Waals surface area contributed by atoms with Crippen LogP contribution in [0.3, 0.4) is 0 Å². The molecule has 4 nitrogen and oxygen atoms in total. The van der Waals surface area contributed by atoms with Crippen molar-refractivity contribution in [2.45, 2.75) is 20.0 Å². The summed E-state index contributed by atoms with van der Waals surface area (Å²) < 4.78 is 0. The number of hydrogen-bond donors (Lipinski definition) is 2. The molecule has 1 aliphatic rings. The molecule has 3 rings (SSSR count). The lowest BCUT2D eigenvalue weighted by molar-refractivity contribution is 0.212. The summed E-state index contributed by atoms with van der Waals surface area (Å²) in [5.41, 5.74) is 10.7. The first-order valence-electron chi connectivity index (χ1n) is 6.62. The van der Waals surface area contributed by atoms with Gasteiger partial charge in [-0.2, -0.15) is 0 Å². The summed E-state index contributed by atoms with van der Waals surface area (Å²) in [5, 5.41) is 2.86. The van der Waals surface area contributed by atoms with Crippen LogP contribution < -0.4 is 11.1 Å². The Hall–Kier alpha value is -2.49. The monoisotopic (exact) mass is 267 g/mol. The third-order valence-corrected chi connectivity index (χ3v) is 3.57. The van der Waals surface area contributed by atoms with E-state index in [1.165, 1.54) is 16.7 Å². The Labute approximate surface area is 118 Å². The molecule has 0 radical (unpaired) electrons. The Bertz CT molecular complexity index is 667. The number of nitrogens with one attached hydrogen (secondary N) is 1. The number of nitrogen functional groups attached to an aromatic ring is 1. The molecule has 4 heteroatoms. The highest BCUT2D eigenvalue weighted by Gasteiger charge is 2.23. The molecule has 0 aromatic heterocycles. The summed E-state index contributed by atoms with van der Waals surface area (Å²) in [5.74, 6) is 0. The fraction of sp³-hybridized carbons (Fsp3) is 0.188. The summed E-state index contributed by atoms with van der Waals surface area (Å²) in [6.45, 7) is 3.36. The number of carbonyl (C=O) groups excluding carboxylic acids is 1. The average Bonchev–Trinajstić information content (AvgIpc) is 2.84. The summed E-state index contributed by atoms with van der Waals surface area (Å²) >= 11 is 0. The van der Waals surface area contributed by atoms with E-state index < -0.39 is 0 Å². The number of para-hydroxylation sites is 2. The van der Waals surface area contributed by atoms with Crippen LogP contribution in [0.5, 0.6) is 0 Å². The van der Waals surface area contributed by atoms with Gasteiger partial charge in [-0.3, -0.25) is 0 Å². The van der Waals surface area contributed by atoms with Crippen molar-refractivity contribution in [2.75, 3.05) is 11.1 Å². The van der Waals surface area contributed by atoms with E-state index in [0.29, 0.717) is 24.5 Å². The van der Waals surface area contributed by atoms with Crippen LogP contribution in [0.4, 0.5) is 16.2 Å². The minimum atomic E-state index is -0.114. The minimum absolute atomic E-state index is 0.114. The molecule has 1 heterocycles. The molecule has 1 aliphatic heterocycles. The van der Waals surface area contributed by atoms with E-state index in [1.807, 2.05) is 12.1 Å². The van der Waals surface area contributed by atoms with Gasteiger partial charge in [-0.15, -0.1) is 0 Å². The van der Waals surface area contributed by atoms with Gasteiger partial charge >= 0.3 is 6.03 Å². The van der Waals surface area contributed by atoms with Gasteiger partial charge in [0.05, 0.1) is 11.4 Å². The first-order chi connectivity index (χ1) is 9.63. The van der Waals surface area contributed by atoms with Crippen molar-refractivity contribution in [2.24, 2.45) is 0 Å². The Morgan fingerprint density at radius 1 is 1.15 bits per heavy atom. The first kappa shape index (κ1) is 12.5. The van der Waals surface area contributed by atoms with Crippen LogP contribution in [0.2, 0.25) is 0 Å². The van der Waals surface area contributed by atoms with Gasteiger partial charge in [0.25, 0.3) is 0 Å². The third kappa shape index (κ3) is 2.32. The van der Waals surface area contributed by atoms with E-state index in [4.69, 9.17) is 5.73 Å². The van der Waals surface area contributed by atoms with E-state index in [9.17, 15) is 4.79 Å². The standard InChI is InChI=1S/C16H17N3O/c1-11-6-7-12-9-19(10-13(12)8-11)16(20)18-15-5-3-2-4-14(15)17/h2-8H,9-10,17H2,1H3,(H,18,20). The predicted molar refractivity (Wildman–Crippen MR) is 80.3 cm³/mol. The van der Waals surface area contributed by atoms with Crippen LogP contribution >= 0.6 is 0 Å². The number of amides is 2. The Balaban J connectivity index is 1.73. The van der Waals surface area contributed by atoms with Crippen molar-refractivity contribution in [3.05, 3.63) is 59.2 Å². The molecule has 2 aromatic rings. The topological polar surface area (TPSA) is 58.4 Å². The van der Waals surface area contributed by atoms with Crippen LogP contribution in [0.25, 0.3) is 0 Å². The largest absolute Gasteiger partial charge is 0.397 e. The van der Waals surface area contributed by atoms with Gasteiger partial charge in [-0.25, -0.2) is 4.79 Å². The van der Waals surface area contributed by atoms with Crippen molar-refractivity contribution in [1.29, 1.82) is 0 Å². The number of nitrogens with zero attached hydrogens (tertiary/aromatic N) is 1. The third-order valence-electron chi connectivity index (χ3n) is 3.57. The van der Waals surface area contributed by atoms with Crippen molar-refractivity contribution >= 4 is 17.4 Å². The number of nitrogens with two attached hydrogens (primary N) is 1. The maximum absolute atomic E-state index is 12.3. The minimum Gasteiger partial charge on any atom is -0.397 e. The summed E-state index contributed by atoms with van der Waals surface area (Å²) in [6.07, 6.45) is 0. The van der Waals surface area contributed by atoms with E-state index in [2.05, 4.69) is 30.4 Å². The van der Waals surface area contributed by atoms with Crippen LogP contribution in [0, 0.1) is 6.92 Å². The highest BCUT2D eigenvalue weighted by atomic mass is 16.2. The number of fused-ring (bicyclic) bond motifs is 1. The molecule has 2 aromatic carbocycles. The number of hydrogen-bond acceptors (Lipinski definition) is 2. The van der Waals surface area contributed by atoms with Crippen molar-refractivity contribution < 1.29 is 4.79 Å². The number of carbonyl (C=O) groups is 1. The summed E-state index contributed by atoms with van der Waals surface area (Å²) in [4.78, 5) is 14.1. The van der Waals surface area contributed by atoms with Crippen LogP contribution in [-0.2, 0) is 13.1 Å². The van der Waals surface area contributed by atoms with Gasteiger partial charge in [0.15, 0.2) is 0 Å². The molecule has 0 spiro atoms. The van der Waals surface area contributed by atoms with Gasteiger partial charge in [0.1, 0.15) is 0 Å². The zero-order valence-corrected chi connectivity index (χ0v) is 11.4. The molecule has 0 aliphatic carbocycles. The molecular weight excluding hydrogens is 250 g/mol.